The quantitative estimate of drug-likeness (QED) is 0.704. The molecule has 0 spiro atoms. The van der Waals surface area contributed by atoms with E-state index in [2.05, 4.69) is 10.4 Å². The summed E-state index contributed by atoms with van der Waals surface area (Å²) in [4.78, 5) is 24.7. The van der Waals surface area contributed by atoms with Crippen LogP contribution in [0.15, 0.2) is 47.3 Å². The molecule has 1 aromatic heterocycles. The van der Waals surface area contributed by atoms with Crippen molar-refractivity contribution in [2.24, 2.45) is 0 Å². The van der Waals surface area contributed by atoms with Gasteiger partial charge in [-0.15, -0.1) is 0 Å². The summed E-state index contributed by atoms with van der Waals surface area (Å²) in [5.41, 5.74) is 0.716. The van der Waals surface area contributed by atoms with Crippen molar-refractivity contribution in [2.75, 3.05) is 0 Å². The van der Waals surface area contributed by atoms with Crippen molar-refractivity contribution in [1.82, 2.24) is 19.7 Å². The van der Waals surface area contributed by atoms with Gasteiger partial charge in [0.1, 0.15) is 18.2 Å². The molecule has 0 bridgehead atoms. The smallest absolute Gasteiger partial charge is 0.350 e. The third-order valence-corrected chi connectivity index (χ3v) is 4.41. The van der Waals surface area contributed by atoms with Crippen LogP contribution in [0.4, 0.5) is 4.39 Å². The summed E-state index contributed by atoms with van der Waals surface area (Å²) < 4.78 is 15.9. The van der Waals surface area contributed by atoms with Crippen LogP contribution in [0.2, 0.25) is 10.0 Å². The van der Waals surface area contributed by atoms with Gasteiger partial charge in [-0.1, -0.05) is 29.3 Å². The molecule has 2 aromatic carbocycles. The van der Waals surface area contributed by atoms with E-state index in [1.54, 1.807) is 37.3 Å². The molecule has 6 nitrogen and oxygen atoms in total. The number of amides is 1. The standard InChI is InChI=1S/C18H15Cl2FN4O2/c1-11-23-24(18(27)25(11)14-5-3-13(19)4-6-14)10-17(26)22-9-12-2-7-15(20)16(21)8-12/h2-8H,9-10H2,1H3,(H,22,26). The third kappa shape index (κ3) is 4.37. The lowest BCUT2D eigenvalue weighted by Crippen LogP contribution is -2.33. The lowest BCUT2D eigenvalue weighted by atomic mass is 10.2. The first-order chi connectivity index (χ1) is 12.8. The summed E-state index contributed by atoms with van der Waals surface area (Å²) in [5.74, 6) is -0.542. The Balaban J connectivity index is 1.71. The third-order valence-electron chi connectivity index (χ3n) is 3.85. The molecule has 0 saturated heterocycles. The number of halogens is 3. The molecule has 3 rings (SSSR count). The fraction of sp³-hybridized carbons (Fsp3) is 0.167. The minimum absolute atomic E-state index is 0.0137. The average molecular weight is 409 g/mol. The number of hydrogen-bond acceptors (Lipinski definition) is 3. The Morgan fingerprint density at radius 2 is 1.89 bits per heavy atom. The van der Waals surface area contributed by atoms with Gasteiger partial charge in [0.25, 0.3) is 0 Å². The van der Waals surface area contributed by atoms with E-state index in [1.165, 1.54) is 16.7 Å². The predicted octanol–water partition coefficient (Wildman–Crippen LogP) is 3.10. The molecule has 1 amide bonds. The van der Waals surface area contributed by atoms with Crippen molar-refractivity contribution in [3.8, 4) is 5.69 Å². The Kier molecular flexibility index (Phi) is 5.62. The molecule has 0 radical (unpaired) electrons. The number of nitrogens with one attached hydrogen (secondary N) is 1. The molecule has 0 aliphatic carbocycles. The molecule has 140 valence electrons. The summed E-state index contributed by atoms with van der Waals surface area (Å²) in [6.45, 7) is 1.52. The fourth-order valence-electron chi connectivity index (χ4n) is 2.55. The molecule has 0 aliphatic rings. The van der Waals surface area contributed by atoms with E-state index in [9.17, 15) is 14.0 Å². The number of carbonyl (C=O) groups is 1. The van der Waals surface area contributed by atoms with Crippen molar-refractivity contribution in [2.45, 2.75) is 20.0 Å². The first kappa shape index (κ1) is 19.1. The number of benzene rings is 2. The molecule has 0 fully saturated rings. The van der Waals surface area contributed by atoms with E-state index >= 15 is 0 Å². The molecule has 27 heavy (non-hydrogen) atoms. The van der Waals surface area contributed by atoms with Crippen molar-refractivity contribution in [3.05, 3.63) is 80.2 Å². The number of nitrogens with zero attached hydrogens (tertiary/aromatic N) is 3. The zero-order valence-electron chi connectivity index (χ0n) is 14.2. The second-order valence-corrected chi connectivity index (χ2v) is 6.67. The van der Waals surface area contributed by atoms with E-state index in [0.29, 0.717) is 22.1 Å². The maximum atomic E-state index is 13.4. The summed E-state index contributed by atoms with van der Waals surface area (Å²) >= 11 is 11.5. The van der Waals surface area contributed by atoms with Crippen molar-refractivity contribution in [1.29, 1.82) is 0 Å². The van der Waals surface area contributed by atoms with E-state index in [4.69, 9.17) is 23.2 Å². The van der Waals surface area contributed by atoms with Crippen LogP contribution in [0.5, 0.6) is 0 Å². The van der Waals surface area contributed by atoms with Gasteiger partial charge in [-0.25, -0.2) is 18.4 Å². The summed E-state index contributed by atoms with van der Waals surface area (Å²) in [6, 6.07) is 11.0. The second-order valence-electron chi connectivity index (χ2n) is 5.82. The number of rotatable bonds is 5. The van der Waals surface area contributed by atoms with Crippen LogP contribution in [0.25, 0.3) is 5.69 Å². The molecule has 0 aliphatic heterocycles. The van der Waals surface area contributed by atoms with Crippen LogP contribution < -0.4 is 11.0 Å². The molecule has 1 N–H and O–H groups in total. The molecule has 0 saturated carbocycles. The largest absolute Gasteiger partial charge is 0.351 e. The lowest BCUT2D eigenvalue weighted by Gasteiger charge is -2.06. The number of aromatic nitrogens is 3. The Morgan fingerprint density at radius 3 is 2.56 bits per heavy atom. The zero-order valence-corrected chi connectivity index (χ0v) is 15.8. The molecule has 1 heterocycles. The van der Waals surface area contributed by atoms with Gasteiger partial charge in [0, 0.05) is 11.6 Å². The Hall–Kier alpha value is -2.64. The SMILES string of the molecule is Cc1nn(CC(=O)NCc2ccc(Cl)c(F)c2)c(=O)n1-c1ccc(Cl)cc1. The van der Waals surface area contributed by atoms with Gasteiger partial charge >= 0.3 is 5.69 Å². The normalized spacial score (nSPS) is 10.8. The van der Waals surface area contributed by atoms with Gasteiger partial charge in [-0.2, -0.15) is 5.10 Å². The van der Waals surface area contributed by atoms with Crippen molar-refractivity contribution >= 4 is 29.1 Å². The summed E-state index contributed by atoms with van der Waals surface area (Å²) in [5, 5.41) is 7.31. The zero-order chi connectivity index (χ0) is 19.6. The Morgan fingerprint density at radius 1 is 1.19 bits per heavy atom. The minimum Gasteiger partial charge on any atom is -0.350 e. The lowest BCUT2D eigenvalue weighted by molar-refractivity contribution is -0.122. The number of carbonyl (C=O) groups excluding carboxylic acids is 1. The van der Waals surface area contributed by atoms with Crippen LogP contribution >= 0.6 is 23.2 Å². The molecule has 3 aromatic rings. The second kappa shape index (κ2) is 7.94. The maximum absolute atomic E-state index is 13.4. The maximum Gasteiger partial charge on any atom is 0.351 e. The summed E-state index contributed by atoms with van der Waals surface area (Å²) in [6.07, 6.45) is 0. The van der Waals surface area contributed by atoms with Gasteiger partial charge in [0.15, 0.2) is 0 Å². The van der Waals surface area contributed by atoms with E-state index < -0.39 is 17.4 Å². The first-order valence-electron chi connectivity index (χ1n) is 7.98. The topological polar surface area (TPSA) is 68.9 Å². The van der Waals surface area contributed by atoms with E-state index in [0.717, 1.165) is 4.68 Å². The van der Waals surface area contributed by atoms with Crippen LogP contribution in [-0.4, -0.2) is 20.3 Å². The van der Waals surface area contributed by atoms with Crippen LogP contribution in [0.1, 0.15) is 11.4 Å². The van der Waals surface area contributed by atoms with Gasteiger partial charge < -0.3 is 5.32 Å². The average Bonchev–Trinajstić information content (AvgIpc) is 2.90. The highest BCUT2D eigenvalue weighted by Gasteiger charge is 2.14. The van der Waals surface area contributed by atoms with Gasteiger partial charge in [-0.05, 0) is 48.9 Å². The van der Waals surface area contributed by atoms with Gasteiger partial charge in [-0.3, -0.25) is 4.79 Å². The van der Waals surface area contributed by atoms with Gasteiger partial charge in [0.2, 0.25) is 5.91 Å². The van der Waals surface area contributed by atoms with Gasteiger partial charge in [0.05, 0.1) is 10.7 Å². The first-order valence-corrected chi connectivity index (χ1v) is 8.74. The summed E-state index contributed by atoms with van der Waals surface area (Å²) in [7, 11) is 0. The molecular formula is C18H15Cl2FN4O2. The Bertz CT molecular complexity index is 1040. The van der Waals surface area contributed by atoms with E-state index in [-0.39, 0.29) is 18.1 Å². The molecule has 0 atom stereocenters. The van der Waals surface area contributed by atoms with Crippen molar-refractivity contribution < 1.29 is 9.18 Å². The predicted molar refractivity (Wildman–Crippen MR) is 101 cm³/mol. The van der Waals surface area contributed by atoms with Crippen molar-refractivity contribution in [3.63, 3.8) is 0 Å². The molecule has 9 heteroatoms. The monoisotopic (exact) mass is 408 g/mol. The Labute approximate surface area is 164 Å². The molecular weight excluding hydrogens is 394 g/mol. The highest BCUT2D eigenvalue weighted by atomic mass is 35.5. The number of aryl methyl sites for hydroxylation is 1. The number of hydrogen-bond donors (Lipinski definition) is 1. The molecule has 0 unspecified atom stereocenters. The minimum atomic E-state index is -0.558. The highest BCUT2D eigenvalue weighted by Crippen LogP contribution is 2.15. The van der Waals surface area contributed by atoms with Crippen LogP contribution in [-0.2, 0) is 17.9 Å². The van der Waals surface area contributed by atoms with Crippen LogP contribution in [0.3, 0.4) is 0 Å². The van der Waals surface area contributed by atoms with Crippen LogP contribution in [0, 0.1) is 12.7 Å². The fourth-order valence-corrected chi connectivity index (χ4v) is 2.79. The van der Waals surface area contributed by atoms with E-state index in [1.807, 2.05) is 0 Å². The highest BCUT2D eigenvalue weighted by molar-refractivity contribution is 6.30.